The Bertz CT molecular complexity index is 885. The molecule has 0 unspecified atom stereocenters. The second-order valence-corrected chi connectivity index (χ2v) is 10.8. The maximum absolute atomic E-state index is 12.3. The van der Waals surface area contributed by atoms with Gasteiger partial charge in [-0.15, -0.1) is 11.3 Å². The first-order valence-corrected chi connectivity index (χ1v) is 11.5. The van der Waals surface area contributed by atoms with Gasteiger partial charge in [0.05, 0.1) is 23.1 Å². The van der Waals surface area contributed by atoms with Crippen LogP contribution in [0.15, 0.2) is 46.7 Å². The molecule has 1 amide bonds. The lowest BCUT2D eigenvalue weighted by Crippen LogP contribution is -2.42. The van der Waals surface area contributed by atoms with Crippen molar-refractivity contribution in [1.82, 2.24) is 5.32 Å². The summed E-state index contributed by atoms with van der Waals surface area (Å²) in [5.41, 5.74) is -0.264. The fourth-order valence-corrected chi connectivity index (χ4v) is 5.03. The quantitative estimate of drug-likeness (QED) is 0.705. The van der Waals surface area contributed by atoms with E-state index in [0.29, 0.717) is 0 Å². The van der Waals surface area contributed by atoms with Crippen molar-refractivity contribution >= 4 is 27.1 Å². The van der Waals surface area contributed by atoms with E-state index in [0.717, 1.165) is 23.3 Å². The molecule has 7 heteroatoms. The number of sulfone groups is 1. The van der Waals surface area contributed by atoms with Crippen molar-refractivity contribution in [2.24, 2.45) is 5.92 Å². The molecule has 0 bridgehead atoms. The lowest BCUT2D eigenvalue weighted by atomic mass is 9.95. The normalized spacial score (nSPS) is 16.9. The third-order valence-corrected chi connectivity index (χ3v) is 8.20. The number of hydrogen-bond acceptors (Lipinski definition) is 5. The molecule has 1 fully saturated rings. The fraction of sp³-hybridized carbons (Fsp3) is 0.450. The molecule has 1 aliphatic carbocycles. The Morgan fingerprint density at radius 3 is 2.44 bits per heavy atom. The number of benzene rings is 1. The van der Waals surface area contributed by atoms with E-state index in [4.69, 9.17) is 0 Å². The van der Waals surface area contributed by atoms with Crippen LogP contribution in [0.1, 0.15) is 37.1 Å². The fourth-order valence-electron chi connectivity index (χ4n) is 3.07. The summed E-state index contributed by atoms with van der Waals surface area (Å²) in [7, 11) is -3.31. The monoisotopic (exact) mass is 407 g/mol. The van der Waals surface area contributed by atoms with Crippen molar-refractivity contribution in [3.05, 3.63) is 52.2 Å². The Morgan fingerprint density at radius 1 is 1.26 bits per heavy atom. The first kappa shape index (κ1) is 20.0. The molecule has 1 aromatic carbocycles. The van der Waals surface area contributed by atoms with Gasteiger partial charge in [0, 0.05) is 4.88 Å². The summed E-state index contributed by atoms with van der Waals surface area (Å²) in [5, 5.41) is 15.3. The molecular formula is C20H25NO4S2. The molecule has 5 nitrogen and oxygen atoms in total. The molecule has 0 radical (unpaired) electrons. The molecule has 1 saturated carbocycles. The third-order valence-electron chi connectivity index (χ3n) is 4.99. The van der Waals surface area contributed by atoms with Crippen molar-refractivity contribution in [1.29, 1.82) is 0 Å². The standard InChI is InChI=1S/C20H25NO4S2/c1-14(2)27(24,25)17-9-5-15(6-10-17)12-19(22)21-13-20(23,16-7-8-16)18-4-3-11-26-18/h3-6,9-11,14,16,23H,7-8,12-13H2,1-2H3,(H,21,22)/t20-/m1/s1. The second kappa shape index (κ2) is 7.73. The van der Waals surface area contributed by atoms with E-state index >= 15 is 0 Å². The van der Waals surface area contributed by atoms with Gasteiger partial charge in [0.15, 0.2) is 9.84 Å². The van der Waals surface area contributed by atoms with Gasteiger partial charge in [-0.05, 0) is 61.7 Å². The van der Waals surface area contributed by atoms with Gasteiger partial charge in [0.1, 0.15) is 5.60 Å². The van der Waals surface area contributed by atoms with Crippen molar-refractivity contribution in [2.45, 2.75) is 48.9 Å². The Morgan fingerprint density at radius 2 is 1.93 bits per heavy atom. The molecule has 27 heavy (non-hydrogen) atoms. The van der Waals surface area contributed by atoms with Gasteiger partial charge >= 0.3 is 0 Å². The van der Waals surface area contributed by atoms with Crippen LogP contribution in [0, 0.1) is 5.92 Å². The van der Waals surface area contributed by atoms with E-state index in [1.165, 1.54) is 11.3 Å². The highest BCUT2D eigenvalue weighted by Gasteiger charge is 2.45. The zero-order valence-electron chi connectivity index (χ0n) is 15.5. The number of carbonyl (C=O) groups is 1. The Balaban J connectivity index is 1.61. The lowest BCUT2D eigenvalue weighted by molar-refractivity contribution is -0.122. The topological polar surface area (TPSA) is 83.5 Å². The number of carbonyl (C=O) groups excluding carboxylic acids is 1. The largest absolute Gasteiger partial charge is 0.382 e. The third kappa shape index (κ3) is 4.42. The van der Waals surface area contributed by atoms with Gasteiger partial charge in [-0.2, -0.15) is 0 Å². The predicted octanol–water partition coefficient (Wildman–Crippen LogP) is 2.89. The van der Waals surface area contributed by atoms with Crippen LogP contribution >= 0.6 is 11.3 Å². The minimum Gasteiger partial charge on any atom is -0.382 e. The average Bonchev–Trinajstić information content (AvgIpc) is 3.35. The first-order chi connectivity index (χ1) is 12.7. The van der Waals surface area contributed by atoms with Crippen molar-refractivity contribution in [2.75, 3.05) is 6.54 Å². The van der Waals surface area contributed by atoms with Crippen molar-refractivity contribution < 1.29 is 18.3 Å². The maximum Gasteiger partial charge on any atom is 0.224 e. The first-order valence-electron chi connectivity index (χ1n) is 9.09. The number of rotatable bonds is 8. The van der Waals surface area contributed by atoms with Gasteiger partial charge in [-0.1, -0.05) is 18.2 Å². The summed E-state index contributed by atoms with van der Waals surface area (Å²) in [6.07, 6.45) is 2.08. The smallest absolute Gasteiger partial charge is 0.224 e. The van der Waals surface area contributed by atoms with E-state index in [1.54, 1.807) is 38.1 Å². The van der Waals surface area contributed by atoms with Gasteiger partial charge in [0.2, 0.25) is 5.91 Å². The Kier molecular flexibility index (Phi) is 5.74. The van der Waals surface area contributed by atoms with Crippen LogP contribution in [0.25, 0.3) is 0 Å². The lowest BCUT2D eigenvalue weighted by Gasteiger charge is -2.27. The molecule has 0 aliphatic heterocycles. The molecule has 1 atom stereocenters. The molecule has 2 N–H and O–H groups in total. The summed E-state index contributed by atoms with van der Waals surface area (Å²) in [6.45, 7) is 3.48. The zero-order valence-corrected chi connectivity index (χ0v) is 17.1. The molecule has 0 saturated heterocycles. The number of amides is 1. The van der Waals surface area contributed by atoms with Gasteiger partial charge in [-0.25, -0.2) is 8.42 Å². The van der Waals surface area contributed by atoms with Crippen LogP contribution in [0.2, 0.25) is 0 Å². The van der Waals surface area contributed by atoms with Crippen molar-refractivity contribution in [3.63, 3.8) is 0 Å². The highest BCUT2D eigenvalue weighted by Crippen LogP contribution is 2.46. The van der Waals surface area contributed by atoms with E-state index < -0.39 is 20.7 Å². The zero-order chi connectivity index (χ0) is 19.7. The molecular weight excluding hydrogens is 382 g/mol. The van der Waals surface area contributed by atoms with Crippen LogP contribution in [-0.4, -0.2) is 31.2 Å². The Labute approximate surface area is 164 Å². The van der Waals surface area contributed by atoms with E-state index in [-0.39, 0.29) is 29.7 Å². The van der Waals surface area contributed by atoms with Crippen molar-refractivity contribution in [3.8, 4) is 0 Å². The maximum atomic E-state index is 12.3. The predicted molar refractivity (Wildman–Crippen MR) is 106 cm³/mol. The molecule has 1 aromatic heterocycles. The highest BCUT2D eigenvalue weighted by molar-refractivity contribution is 7.92. The number of aliphatic hydroxyl groups is 1. The van der Waals surface area contributed by atoms with E-state index in [9.17, 15) is 18.3 Å². The highest BCUT2D eigenvalue weighted by atomic mass is 32.2. The summed E-state index contributed by atoms with van der Waals surface area (Å²) < 4.78 is 24.3. The second-order valence-electron chi connectivity index (χ2n) is 7.37. The van der Waals surface area contributed by atoms with Gasteiger partial charge in [-0.3, -0.25) is 4.79 Å². The Hall–Kier alpha value is -1.70. The molecule has 3 rings (SSSR count). The SMILES string of the molecule is CC(C)S(=O)(=O)c1ccc(CC(=O)NC[C@](O)(c2cccs2)C2CC2)cc1. The number of thiophene rings is 1. The van der Waals surface area contributed by atoms with Crippen LogP contribution in [0.4, 0.5) is 0 Å². The number of nitrogens with one attached hydrogen (secondary N) is 1. The van der Waals surface area contributed by atoms with Gasteiger partial charge in [0.25, 0.3) is 0 Å². The molecule has 1 heterocycles. The summed E-state index contributed by atoms with van der Waals surface area (Å²) in [4.78, 5) is 13.5. The van der Waals surface area contributed by atoms with Crippen LogP contribution in [0.5, 0.6) is 0 Å². The minimum absolute atomic E-state index is 0.146. The molecule has 0 spiro atoms. The summed E-state index contributed by atoms with van der Waals surface area (Å²) >= 11 is 1.50. The minimum atomic E-state index is -3.31. The summed E-state index contributed by atoms with van der Waals surface area (Å²) in [6, 6.07) is 10.2. The molecule has 146 valence electrons. The van der Waals surface area contributed by atoms with Crippen LogP contribution in [-0.2, 0) is 26.7 Å². The average molecular weight is 408 g/mol. The van der Waals surface area contributed by atoms with E-state index in [1.807, 2.05) is 17.5 Å². The summed E-state index contributed by atoms with van der Waals surface area (Å²) in [5.74, 6) is 0.00192. The molecule has 2 aromatic rings. The van der Waals surface area contributed by atoms with Crippen LogP contribution in [0.3, 0.4) is 0 Å². The number of hydrogen-bond donors (Lipinski definition) is 2. The van der Waals surface area contributed by atoms with Gasteiger partial charge < -0.3 is 10.4 Å². The molecule has 1 aliphatic rings. The van der Waals surface area contributed by atoms with E-state index in [2.05, 4.69) is 5.32 Å². The van der Waals surface area contributed by atoms with Crippen LogP contribution < -0.4 is 5.32 Å².